The Morgan fingerprint density at radius 2 is 2.05 bits per heavy atom. The molecule has 0 aromatic heterocycles. The van der Waals surface area contributed by atoms with Crippen LogP contribution in [-0.4, -0.2) is 36.9 Å². The summed E-state index contributed by atoms with van der Waals surface area (Å²) in [5.41, 5.74) is 0. The number of sulfonamides is 1. The first-order chi connectivity index (χ1) is 9.32. The third kappa shape index (κ3) is 3.09. The third-order valence-electron chi connectivity index (χ3n) is 3.24. The molecule has 1 fully saturated rings. The van der Waals surface area contributed by atoms with Crippen molar-refractivity contribution in [2.75, 3.05) is 13.1 Å². The molecule has 0 aliphatic carbocycles. The Morgan fingerprint density at radius 3 is 2.70 bits per heavy atom. The maximum absolute atomic E-state index is 12.5. The molecule has 8 heteroatoms. The quantitative estimate of drug-likeness (QED) is 0.919. The molecule has 0 amide bonds. The lowest BCUT2D eigenvalue weighted by molar-refractivity contribution is -0.142. The highest BCUT2D eigenvalue weighted by Gasteiger charge is 2.34. The molecule has 1 aromatic rings. The number of carboxylic acid groups (broad SMARTS) is 1. The van der Waals surface area contributed by atoms with Gasteiger partial charge in [-0.15, -0.1) is 0 Å². The highest BCUT2D eigenvalue weighted by molar-refractivity contribution is 7.89. The van der Waals surface area contributed by atoms with E-state index >= 15 is 0 Å². The first-order valence-corrected chi connectivity index (χ1v) is 8.20. The zero-order valence-corrected chi connectivity index (χ0v) is 12.7. The molecule has 20 heavy (non-hydrogen) atoms. The summed E-state index contributed by atoms with van der Waals surface area (Å²) in [6.45, 7) is 0.246. The Morgan fingerprint density at radius 1 is 1.35 bits per heavy atom. The van der Waals surface area contributed by atoms with Crippen LogP contribution in [0.15, 0.2) is 23.1 Å². The molecule has 1 saturated heterocycles. The lowest BCUT2D eigenvalue weighted by Crippen LogP contribution is -2.42. The van der Waals surface area contributed by atoms with E-state index in [-0.39, 0.29) is 28.0 Å². The minimum absolute atomic E-state index is 0.0412. The fourth-order valence-electron chi connectivity index (χ4n) is 2.18. The Bertz CT molecular complexity index is 632. The number of hydrogen-bond donors (Lipinski definition) is 1. The van der Waals surface area contributed by atoms with Crippen LogP contribution in [0.1, 0.15) is 12.8 Å². The summed E-state index contributed by atoms with van der Waals surface area (Å²) in [4.78, 5) is 10.9. The second-order valence-electron chi connectivity index (χ2n) is 4.62. The van der Waals surface area contributed by atoms with E-state index in [9.17, 15) is 13.2 Å². The summed E-state index contributed by atoms with van der Waals surface area (Å²) in [6, 6.07) is 4.19. The normalized spacial score (nSPS) is 20.8. The minimum Gasteiger partial charge on any atom is -0.481 e. The van der Waals surface area contributed by atoms with Crippen molar-refractivity contribution in [3.05, 3.63) is 28.2 Å². The summed E-state index contributed by atoms with van der Waals surface area (Å²) in [5, 5.41) is 9.36. The van der Waals surface area contributed by atoms with E-state index in [1.54, 1.807) is 0 Å². The molecule has 110 valence electrons. The van der Waals surface area contributed by atoms with E-state index in [4.69, 9.17) is 28.3 Å². The number of rotatable bonds is 3. The summed E-state index contributed by atoms with van der Waals surface area (Å²) in [5.74, 6) is -1.67. The van der Waals surface area contributed by atoms with E-state index in [1.807, 2.05) is 0 Å². The predicted octanol–water partition coefficient (Wildman–Crippen LogP) is 2.48. The first kappa shape index (κ1) is 15.6. The molecule has 0 saturated carbocycles. The number of carbonyl (C=O) groups is 1. The van der Waals surface area contributed by atoms with Crippen molar-refractivity contribution in [1.29, 1.82) is 0 Å². The smallest absolute Gasteiger partial charge is 0.307 e. The lowest BCUT2D eigenvalue weighted by atomic mass is 10.0. The maximum Gasteiger partial charge on any atom is 0.307 e. The van der Waals surface area contributed by atoms with Gasteiger partial charge in [0.05, 0.1) is 10.9 Å². The lowest BCUT2D eigenvalue weighted by Gasteiger charge is -2.30. The van der Waals surface area contributed by atoms with Crippen LogP contribution in [0.3, 0.4) is 0 Å². The van der Waals surface area contributed by atoms with Crippen LogP contribution >= 0.6 is 23.2 Å². The maximum atomic E-state index is 12.5. The van der Waals surface area contributed by atoms with Gasteiger partial charge in [0.25, 0.3) is 0 Å². The second kappa shape index (κ2) is 5.89. The Labute approximate surface area is 127 Å². The molecule has 1 aliphatic rings. The SMILES string of the molecule is O=C(O)C1CCCN(S(=O)(=O)c2cc(Cl)ccc2Cl)C1. The molecule has 0 spiro atoms. The van der Waals surface area contributed by atoms with Crippen molar-refractivity contribution in [2.45, 2.75) is 17.7 Å². The van der Waals surface area contributed by atoms with Crippen LogP contribution in [-0.2, 0) is 14.8 Å². The van der Waals surface area contributed by atoms with Crippen LogP contribution in [0.5, 0.6) is 0 Å². The van der Waals surface area contributed by atoms with Gasteiger partial charge in [-0.2, -0.15) is 4.31 Å². The highest BCUT2D eigenvalue weighted by Crippen LogP contribution is 2.30. The highest BCUT2D eigenvalue weighted by atomic mass is 35.5. The predicted molar refractivity (Wildman–Crippen MR) is 75.6 cm³/mol. The van der Waals surface area contributed by atoms with Gasteiger partial charge in [-0.05, 0) is 31.0 Å². The van der Waals surface area contributed by atoms with Gasteiger partial charge < -0.3 is 5.11 Å². The molecule has 1 N–H and O–H groups in total. The van der Waals surface area contributed by atoms with Gasteiger partial charge in [0.1, 0.15) is 4.90 Å². The zero-order chi connectivity index (χ0) is 14.9. The number of aliphatic carboxylic acids is 1. The first-order valence-electron chi connectivity index (χ1n) is 6.00. The minimum atomic E-state index is -3.83. The van der Waals surface area contributed by atoms with E-state index < -0.39 is 21.9 Å². The van der Waals surface area contributed by atoms with Gasteiger partial charge in [0.15, 0.2) is 0 Å². The van der Waals surface area contributed by atoms with Crippen LogP contribution in [0.4, 0.5) is 0 Å². The number of benzene rings is 1. The molecule has 1 heterocycles. The van der Waals surface area contributed by atoms with Gasteiger partial charge in [-0.3, -0.25) is 4.79 Å². The van der Waals surface area contributed by atoms with E-state index in [0.717, 1.165) is 4.31 Å². The Hall–Kier alpha value is -0.820. The third-order valence-corrected chi connectivity index (χ3v) is 5.83. The van der Waals surface area contributed by atoms with Gasteiger partial charge >= 0.3 is 5.97 Å². The van der Waals surface area contributed by atoms with Crippen LogP contribution < -0.4 is 0 Å². The monoisotopic (exact) mass is 337 g/mol. The van der Waals surface area contributed by atoms with E-state index in [0.29, 0.717) is 12.8 Å². The molecule has 1 atom stereocenters. The largest absolute Gasteiger partial charge is 0.481 e. The number of halogens is 2. The topological polar surface area (TPSA) is 74.7 Å². The van der Waals surface area contributed by atoms with Crippen molar-refractivity contribution in [3.63, 3.8) is 0 Å². The molecular formula is C12H13Cl2NO4S. The van der Waals surface area contributed by atoms with Gasteiger partial charge in [-0.1, -0.05) is 23.2 Å². The summed E-state index contributed by atoms with van der Waals surface area (Å²) >= 11 is 11.7. The Balaban J connectivity index is 2.35. The van der Waals surface area contributed by atoms with Crippen molar-refractivity contribution >= 4 is 39.2 Å². The fraction of sp³-hybridized carbons (Fsp3) is 0.417. The van der Waals surface area contributed by atoms with Crippen molar-refractivity contribution in [1.82, 2.24) is 4.31 Å². The average molecular weight is 338 g/mol. The standard InChI is InChI=1S/C12H13Cl2NO4S/c13-9-3-4-10(14)11(6-9)20(18,19)15-5-1-2-8(7-15)12(16)17/h3-4,6,8H,1-2,5,7H2,(H,16,17). The van der Waals surface area contributed by atoms with Crippen molar-refractivity contribution < 1.29 is 18.3 Å². The van der Waals surface area contributed by atoms with Gasteiger partial charge in [-0.25, -0.2) is 8.42 Å². The average Bonchev–Trinajstić information content (AvgIpc) is 2.41. The zero-order valence-electron chi connectivity index (χ0n) is 10.4. The van der Waals surface area contributed by atoms with E-state index in [2.05, 4.69) is 0 Å². The Kier molecular flexibility index (Phi) is 4.59. The molecule has 0 radical (unpaired) electrons. The van der Waals surface area contributed by atoms with Gasteiger partial charge in [0, 0.05) is 18.1 Å². The number of piperidine rings is 1. The molecular weight excluding hydrogens is 325 g/mol. The number of carboxylic acids is 1. The fourth-order valence-corrected chi connectivity index (χ4v) is 4.44. The summed E-state index contributed by atoms with van der Waals surface area (Å²) in [6.07, 6.45) is 0.985. The molecule has 1 aliphatic heterocycles. The second-order valence-corrected chi connectivity index (χ2v) is 7.37. The van der Waals surface area contributed by atoms with Crippen molar-refractivity contribution in [2.24, 2.45) is 5.92 Å². The number of nitrogens with zero attached hydrogens (tertiary/aromatic N) is 1. The van der Waals surface area contributed by atoms with Crippen LogP contribution in [0, 0.1) is 5.92 Å². The van der Waals surface area contributed by atoms with Crippen LogP contribution in [0.2, 0.25) is 10.0 Å². The van der Waals surface area contributed by atoms with E-state index in [1.165, 1.54) is 18.2 Å². The molecule has 2 rings (SSSR count). The summed E-state index contributed by atoms with van der Waals surface area (Å²) in [7, 11) is -3.83. The molecule has 1 aromatic carbocycles. The van der Waals surface area contributed by atoms with Crippen molar-refractivity contribution in [3.8, 4) is 0 Å². The summed E-state index contributed by atoms with van der Waals surface area (Å²) < 4.78 is 26.2. The molecule has 1 unspecified atom stereocenters. The van der Waals surface area contributed by atoms with Crippen LogP contribution in [0.25, 0.3) is 0 Å². The van der Waals surface area contributed by atoms with Gasteiger partial charge in [0.2, 0.25) is 10.0 Å². The number of hydrogen-bond acceptors (Lipinski definition) is 3. The molecule has 0 bridgehead atoms. The molecule has 5 nitrogen and oxygen atoms in total.